The molecule has 0 spiro atoms. The van der Waals surface area contributed by atoms with E-state index in [0.717, 1.165) is 5.56 Å². The smallest absolute Gasteiger partial charge is 0.0938 e. The van der Waals surface area contributed by atoms with Crippen LogP contribution >= 0.6 is 0 Å². The van der Waals surface area contributed by atoms with Crippen LogP contribution in [-0.4, -0.2) is 36.6 Å². The highest BCUT2D eigenvalue weighted by molar-refractivity contribution is 5.14. The van der Waals surface area contributed by atoms with E-state index in [1.807, 2.05) is 30.3 Å². The fourth-order valence-corrected chi connectivity index (χ4v) is 3.09. The molecule has 2 aliphatic rings. The third-order valence-corrected chi connectivity index (χ3v) is 4.18. The minimum absolute atomic E-state index is 0.201. The van der Waals surface area contributed by atoms with Crippen molar-refractivity contribution in [1.82, 2.24) is 0 Å². The van der Waals surface area contributed by atoms with Crippen LogP contribution in [0.4, 0.5) is 0 Å². The zero-order valence-corrected chi connectivity index (χ0v) is 11.1. The van der Waals surface area contributed by atoms with E-state index in [2.05, 4.69) is 10.0 Å². The van der Waals surface area contributed by atoms with Crippen molar-refractivity contribution in [1.29, 1.82) is 0 Å². The van der Waals surface area contributed by atoms with Crippen molar-refractivity contribution in [3.63, 3.8) is 0 Å². The van der Waals surface area contributed by atoms with Gasteiger partial charge in [0.25, 0.3) is 0 Å². The number of aliphatic hydroxyl groups is 1. The summed E-state index contributed by atoms with van der Waals surface area (Å²) >= 11 is 0. The monoisotopic (exact) mass is 275 g/mol. The second-order valence-corrected chi connectivity index (χ2v) is 5.54. The second-order valence-electron chi connectivity index (χ2n) is 5.54. The van der Waals surface area contributed by atoms with Crippen molar-refractivity contribution in [2.24, 2.45) is 10.5 Å². The third kappa shape index (κ3) is 2.27. The van der Waals surface area contributed by atoms with E-state index in [4.69, 9.17) is 15.0 Å². The summed E-state index contributed by atoms with van der Waals surface area (Å²) in [4.78, 5) is 2.79. The van der Waals surface area contributed by atoms with Gasteiger partial charge in [0, 0.05) is 10.3 Å². The average molecular weight is 275 g/mol. The van der Waals surface area contributed by atoms with E-state index in [9.17, 15) is 5.11 Å². The predicted molar refractivity (Wildman–Crippen MR) is 71.8 cm³/mol. The molecule has 0 aromatic heterocycles. The summed E-state index contributed by atoms with van der Waals surface area (Å²) in [6.45, 7) is 1.61. The molecule has 106 valence electrons. The van der Waals surface area contributed by atoms with Crippen LogP contribution in [0.5, 0.6) is 0 Å². The largest absolute Gasteiger partial charge is 0.390 e. The van der Waals surface area contributed by atoms with E-state index < -0.39 is 12.1 Å². The number of benzene rings is 1. The molecule has 1 aliphatic carbocycles. The first-order chi connectivity index (χ1) is 9.75. The molecule has 3 rings (SSSR count). The van der Waals surface area contributed by atoms with Crippen molar-refractivity contribution in [2.75, 3.05) is 13.2 Å². The van der Waals surface area contributed by atoms with Crippen LogP contribution < -0.4 is 0 Å². The van der Waals surface area contributed by atoms with Gasteiger partial charge in [-0.15, -0.1) is 0 Å². The summed E-state index contributed by atoms with van der Waals surface area (Å²) in [6, 6.07) is 9.53. The van der Waals surface area contributed by atoms with E-state index in [-0.39, 0.29) is 11.5 Å². The summed E-state index contributed by atoms with van der Waals surface area (Å²) in [5.74, 6) is 0. The van der Waals surface area contributed by atoms with Gasteiger partial charge in [-0.05, 0) is 17.5 Å². The quantitative estimate of drug-likeness (QED) is 0.506. The molecule has 1 saturated carbocycles. The number of fused-ring (bicyclic) bond motifs is 1. The topological polar surface area (TPSA) is 87.5 Å². The molecule has 2 fully saturated rings. The fourth-order valence-electron chi connectivity index (χ4n) is 3.09. The SMILES string of the molecule is [N-]=[N+]=NC1CC2(COCc3ccccc3)COC2C1O. The minimum Gasteiger partial charge on any atom is -0.390 e. The van der Waals surface area contributed by atoms with Crippen LogP contribution in [0.15, 0.2) is 35.4 Å². The maximum absolute atomic E-state index is 10.0. The highest BCUT2D eigenvalue weighted by atomic mass is 16.5. The van der Waals surface area contributed by atoms with Gasteiger partial charge in [-0.1, -0.05) is 35.4 Å². The first-order valence-corrected chi connectivity index (χ1v) is 6.71. The Labute approximate surface area is 116 Å². The summed E-state index contributed by atoms with van der Waals surface area (Å²) in [5.41, 5.74) is 9.44. The van der Waals surface area contributed by atoms with Gasteiger partial charge in [-0.3, -0.25) is 0 Å². The van der Waals surface area contributed by atoms with Crippen molar-refractivity contribution >= 4 is 0 Å². The van der Waals surface area contributed by atoms with Gasteiger partial charge >= 0.3 is 0 Å². The highest BCUT2D eigenvalue weighted by Crippen LogP contribution is 2.49. The van der Waals surface area contributed by atoms with Gasteiger partial charge in [0.2, 0.25) is 0 Å². The highest BCUT2D eigenvalue weighted by Gasteiger charge is 2.60. The number of azide groups is 1. The van der Waals surface area contributed by atoms with Crippen molar-refractivity contribution in [3.05, 3.63) is 46.3 Å². The van der Waals surface area contributed by atoms with Gasteiger partial charge in [-0.25, -0.2) is 0 Å². The molecule has 0 bridgehead atoms. The Morgan fingerprint density at radius 3 is 2.90 bits per heavy atom. The number of hydrogen-bond acceptors (Lipinski definition) is 4. The Kier molecular flexibility index (Phi) is 3.63. The van der Waals surface area contributed by atoms with E-state index in [1.165, 1.54) is 0 Å². The Bertz CT molecular complexity index is 518. The summed E-state index contributed by atoms with van der Waals surface area (Å²) < 4.78 is 11.2. The fraction of sp³-hybridized carbons (Fsp3) is 0.571. The van der Waals surface area contributed by atoms with E-state index in [1.54, 1.807) is 0 Å². The number of hydrogen-bond donors (Lipinski definition) is 1. The molecule has 4 atom stereocenters. The van der Waals surface area contributed by atoms with Crippen LogP contribution in [0.3, 0.4) is 0 Å². The second kappa shape index (κ2) is 5.42. The summed E-state index contributed by atoms with van der Waals surface area (Å²) in [6.07, 6.45) is -0.369. The molecule has 6 nitrogen and oxygen atoms in total. The van der Waals surface area contributed by atoms with Gasteiger partial charge in [0.15, 0.2) is 0 Å². The number of aliphatic hydroxyl groups excluding tert-OH is 1. The number of rotatable bonds is 5. The Balaban J connectivity index is 1.59. The zero-order valence-electron chi connectivity index (χ0n) is 11.1. The molecule has 1 N–H and O–H groups in total. The summed E-state index contributed by atoms with van der Waals surface area (Å²) in [5, 5.41) is 13.7. The predicted octanol–water partition coefficient (Wildman–Crippen LogP) is 2.03. The first-order valence-electron chi connectivity index (χ1n) is 6.71. The molecule has 4 unspecified atom stereocenters. The average Bonchev–Trinajstić information content (AvgIpc) is 2.61. The Morgan fingerprint density at radius 1 is 1.45 bits per heavy atom. The van der Waals surface area contributed by atoms with Gasteiger partial charge in [0.05, 0.1) is 38.1 Å². The van der Waals surface area contributed by atoms with Crippen LogP contribution in [0.25, 0.3) is 10.4 Å². The molecule has 1 saturated heterocycles. The Hall–Kier alpha value is -1.59. The van der Waals surface area contributed by atoms with Gasteiger partial charge < -0.3 is 14.6 Å². The van der Waals surface area contributed by atoms with Crippen molar-refractivity contribution in [3.8, 4) is 0 Å². The van der Waals surface area contributed by atoms with Crippen molar-refractivity contribution < 1.29 is 14.6 Å². The van der Waals surface area contributed by atoms with Crippen molar-refractivity contribution in [2.45, 2.75) is 31.3 Å². The number of ether oxygens (including phenoxy) is 2. The molecule has 1 heterocycles. The van der Waals surface area contributed by atoms with Crippen LogP contribution in [0.1, 0.15) is 12.0 Å². The number of nitrogens with zero attached hydrogens (tertiary/aromatic N) is 3. The van der Waals surface area contributed by atoms with Gasteiger partial charge in [0.1, 0.15) is 0 Å². The van der Waals surface area contributed by atoms with Crippen LogP contribution in [-0.2, 0) is 16.1 Å². The molecule has 1 aliphatic heterocycles. The van der Waals surface area contributed by atoms with E-state index in [0.29, 0.717) is 26.2 Å². The lowest BCUT2D eigenvalue weighted by molar-refractivity contribution is -0.218. The third-order valence-electron chi connectivity index (χ3n) is 4.18. The molecule has 0 amide bonds. The normalized spacial score (nSPS) is 35.0. The zero-order chi connectivity index (χ0) is 14.0. The lowest BCUT2D eigenvalue weighted by Gasteiger charge is -2.45. The summed E-state index contributed by atoms with van der Waals surface area (Å²) in [7, 11) is 0. The van der Waals surface area contributed by atoms with Gasteiger partial charge in [-0.2, -0.15) is 0 Å². The maximum Gasteiger partial charge on any atom is 0.0938 e. The lowest BCUT2D eigenvalue weighted by Crippen LogP contribution is -2.54. The standard InChI is InChI=1S/C14H17N3O3/c15-17-16-11-6-14(9-20-13(14)12(11)18)8-19-7-10-4-2-1-3-5-10/h1-5,11-13,18H,6-9H2. The molecule has 1 aromatic carbocycles. The molecule has 6 heteroatoms. The molecule has 1 aromatic rings. The van der Waals surface area contributed by atoms with Crippen LogP contribution in [0.2, 0.25) is 0 Å². The molecule has 0 radical (unpaired) electrons. The minimum atomic E-state index is -0.722. The molecular formula is C14H17N3O3. The maximum atomic E-state index is 10.0. The molecule has 20 heavy (non-hydrogen) atoms. The lowest BCUT2D eigenvalue weighted by atomic mass is 9.81. The van der Waals surface area contributed by atoms with E-state index >= 15 is 0 Å². The first kappa shape index (κ1) is 13.4. The van der Waals surface area contributed by atoms with Crippen LogP contribution in [0, 0.1) is 5.41 Å². The molecular weight excluding hydrogens is 258 g/mol. The Morgan fingerprint density at radius 2 is 2.25 bits per heavy atom.